The molecule has 0 N–H and O–H groups in total. The van der Waals surface area contributed by atoms with E-state index in [9.17, 15) is 4.79 Å². The topological polar surface area (TPSA) is 38.1 Å². The Morgan fingerprint density at radius 1 is 1.64 bits per heavy atom. The molecule has 0 amide bonds. The standard InChI is InChI=1S/C10H17N3O/c1-9(14)4-5-12(2)7-10-6-11-13(3)8-10/h6,8H,4-5,7H2,1-3H3. The number of carbonyl (C=O) groups excluding carboxylic acids is 1. The molecule has 0 aromatic carbocycles. The second-order valence-electron chi connectivity index (χ2n) is 3.71. The second kappa shape index (κ2) is 4.91. The number of aromatic nitrogens is 2. The molecule has 4 nitrogen and oxygen atoms in total. The quantitative estimate of drug-likeness (QED) is 0.698. The van der Waals surface area contributed by atoms with Crippen molar-refractivity contribution in [2.75, 3.05) is 13.6 Å². The summed E-state index contributed by atoms with van der Waals surface area (Å²) in [6.45, 7) is 3.28. The Labute approximate surface area is 84.5 Å². The van der Waals surface area contributed by atoms with Crippen LogP contribution >= 0.6 is 0 Å². The van der Waals surface area contributed by atoms with Gasteiger partial charge in [-0.2, -0.15) is 5.10 Å². The fourth-order valence-corrected chi connectivity index (χ4v) is 1.29. The summed E-state index contributed by atoms with van der Waals surface area (Å²) in [4.78, 5) is 12.9. The van der Waals surface area contributed by atoms with Gasteiger partial charge in [-0.3, -0.25) is 9.48 Å². The van der Waals surface area contributed by atoms with Crippen molar-refractivity contribution in [1.82, 2.24) is 14.7 Å². The fraction of sp³-hybridized carbons (Fsp3) is 0.600. The molecule has 0 saturated heterocycles. The Morgan fingerprint density at radius 2 is 2.36 bits per heavy atom. The van der Waals surface area contributed by atoms with E-state index in [4.69, 9.17) is 0 Å². The van der Waals surface area contributed by atoms with Crippen LogP contribution in [0.2, 0.25) is 0 Å². The van der Waals surface area contributed by atoms with Crippen LogP contribution in [0.4, 0.5) is 0 Å². The molecule has 0 fully saturated rings. The van der Waals surface area contributed by atoms with Crippen molar-refractivity contribution < 1.29 is 4.79 Å². The van der Waals surface area contributed by atoms with Gasteiger partial charge in [0.05, 0.1) is 6.20 Å². The van der Waals surface area contributed by atoms with Crippen LogP contribution in [0.1, 0.15) is 18.9 Å². The molecule has 0 unspecified atom stereocenters. The highest BCUT2D eigenvalue weighted by Gasteiger charge is 2.03. The number of rotatable bonds is 5. The number of hydrogen-bond acceptors (Lipinski definition) is 3. The van der Waals surface area contributed by atoms with Crippen LogP contribution in [0, 0.1) is 0 Å². The van der Waals surface area contributed by atoms with E-state index in [1.165, 1.54) is 5.56 Å². The maximum atomic E-state index is 10.8. The van der Waals surface area contributed by atoms with Gasteiger partial charge in [0, 0.05) is 38.3 Å². The zero-order valence-corrected chi connectivity index (χ0v) is 9.03. The van der Waals surface area contributed by atoms with E-state index in [1.807, 2.05) is 26.5 Å². The smallest absolute Gasteiger partial charge is 0.131 e. The van der Waals surface area contributed by atoms with Gasteiger partial charge in [0.15, 0.2) is 0 Å². The van der Waals surface area contributed by atoms with Crippen molar-refractivity contribution in [3.05, 3.63) is 18.0 Å². The predicted octanol–water partition coefficient (Wildman–Crippen LogP) is 0.831. The van der Waals surface area contributed by atoms with Crippen LogP contribution in [0.3, 0.4) is 0 Å². The molecule has 0 aliphatic carbocycles. The van der Waals surface area contributed by atoms with Crippen molar-refractivity contribution in [3.63, 3.8) is 0 Å². The summed E-state index contributed by atoms with van der Waals surface area (Å²) in [5.74, 6) is 0.239. The summed E-state index contributed by atoms with van der Waals surface area (Å²) < 4.78 is 1.79. The van der Waals surface area contributed by atoms with Crippen LogP contribution in [0.5, 0.6) is 0 Å². The molecule has 0 atom stereocenters. The van der Waals surface area contributed by atoms with Crippen molar-refractivity contribution in [2.24, 2.45) is 7.05 Å². The van der Waals surface area contributed by atoms with Gasteiger partial charge in [-0.15, -0.1) is 0 Å². The summed E-state index contributed by atoms with van der Waals surface area (Å²) in [5.41, 5.74) is 1.18. The molecule has 0 saturated carbocycles. The molecule has 1 aromatic heterocycles. The molecule has 1 heterocycles. The first-order valence-corrected chi connectivity index (χ1v) is 4.73. The lowest BCUT2D eigenvalue weighted by Crippen LogP contribution is -2.20. The van der Waals surface area contributed by atoms with E-state index in [0.717, 1.165) is 13.1 Å². The highest BCUT2D eigenvalue weighted by molar-refractivity contribution is 5.75. The minimum Gasteiger partial charge on any atom is -0.302 e. The number of carbonyl (C=O) groups is 1. The van der Waals surface area contributed by atoms with Gasteiger partial charge >= 0.3 is 0 Å². The van der Waals surface area contributed by atoms with E-state index in [-0.39, 0.29) is 5.78 Å². The normalized spacial score (nSPS) is 10.9. The van der Waals surface area contributed by atoms with E-state index >= 15 is 0 Å². The van der Waals surface area contributed by atoms with E-state index in [0.29, 0.717) is 6.42 Å². The lowest BCUT2D eigenvalue weighted by molar-refractivity contribution is -0.117. The Balaban J connectivity index is 2.33. The molecule has 0 bridgehead atoms. The Bertz CT molecular complexity index is 306. The molecule has 78 valence electrons. The maximum Gasteiger partial charge on any atom is 0.131 e. The van der Waals surface area contributed by atoms with Gasteiger partial charge in [0.25, 0.3) is 0 Å². The third-order valence-corrected chi connectivity index (χ3v) is 2.06. The third kappa shape index (κ3) is 3.70. The van der Waals surface area contributed by atoms with E-state index in [1.54, 1.807) is 11.6 Å². The maximum absolute atomic E-state index is 10.8. The number of Topliss-reactive ketones (excluding diaryl/α,β-unsaturated/α-hetero) is 1. The molecular weight excluding hydrogens is 178 g/mol. The predicted molar refractivity (Wildman–Crippen MR) is 54.8 cm³/mol. The van der Waals surface area contributed by atoms with Crippen molar-refractivity contribution in [2.45, 2.75) is 19.9 Å². The van der Waals surface area contributed by atoms with Crippen LogP contribution in [-0.2, 0) is 18.4 Å². The van der Waals surface area contributed by atoms with Crippen LogP contribution in [0.15, 0.2) is 12.4 Å². The lowest BCUT2D eigenvalue weighted by Gasteiger charge is -2.13. The number of aryl methyl sites for hydroxylation is 1. The van der Waals surface area contributed by atoms with Crippen molar-refractivity contribution in [3.8, 4) is 0 Å². The van der Waals surface area contributed by atoms with Gasteiger partial charge < -0.3 is 4.90 Å². The molecule has 0 aliphatic rings. The molecule has 0 aliphatic heterocycles. The highest BCUT2D eigenvalue weighted by atomic mass is 16.1. The summed E-state index contributed by atoms with van der Waals surface area (Å²) >= 11 is 0. The van der Waals surface area contributed by atoms with Crippen LogP contribution in [-0.4, -0.2) is 34.1 Å². The molecular formula is C10H17N3O. The summed E-state index contributed by atoms with van der Waals surface area (Å²) in [6, 6.07) is 0. The number of ketones is 1. The van der Waals surface area contributed by atoms with E-state index in [2.05, 4.69) is 10.00 Å². The lowest BCUT2D eigenvalue weighted by atomic mass is 10.3. The molecule has 14 heavy (non-hydrogen) atoms. The monoisotopic (exact) mass is 195 g/mol. The number of nitrogens with zero attached hydrogens (tertiary/aromatic N) is 3. The zero-order valence-electron chi connectivity index (χ0n) is 9.03. The van der Waals surface area contributed by atoms with Gasteiger partial charge in [-0.1, -0.05) is 0 Å². The first-order valence-electron chi connectivity index (χ1n) is 4.73. The zero-order chi connectivity index (χ0) is 10.6. The fourth-order valence-electron chi connectivity index (χ4n) is 1.29. The second-order valence-corrected chi connectivity index (χ2v) is 3.71. The average Bonchev–Trinajstić information content (AvgIpc) is 2.48. The summed E-state index contributed by atoms with van der Waals surface area (Å²) in [5, 5.41) is 4.09. The average molecular weight is 195 g/mol. The number of hydrogen-bond donors (Lipinski definition) is 0. The Hall–Kier alpha value is -1.16. The molecule has 1 rings (SSSR count). The first kappa shape index (κ1) is 10.9. The van der Waals surface area contributed by atoms with Gasteiger partial charge in [-0.05, 0) is 14.0 Å². The van der Waals surface area contributed by atoms with Crippen molar-refractivity contribution in [1.29, 1.82) is 0 Å². The molecule has 0 radical (unpaired) electrons. The van der Waals surface area contributed by atoms with Crippen molar-refractivity contribution >= 4 is 5.78 Å². The largest absolute Gasteiger partial charge is 0.302 e. The van der Waals surface area contributed by atoms with E-state index < -0.39 is 0 Å². The Kier molecular flexibility index (Phi) is 3.83. The van der Waals surface area contributed by atoms with Crippen LogP contribution in [0.25, 0.3) is 0 Å². The van der Waals surface area contributed by atoms with Gasteiger partial charge in [0.1, 0.15) is 5.78 Å². The van der Waals surface area contributed by atoms with Gasteiger partial charge in [0.2, 0.25) is 0 Å². The van der Waals surface area contributed by atoms with Crippen LogP contribution < -0.4 is 0 Å². The Morgan fingerprint density at radius 3 is 2.86 bits per heavy atom. The highest BCUT2D eigenvalue weighted by Crippen LogP contribution is 2.01. The summed E-state index contributed by atoms with van der Waals surface area (Å²) in [7, 11) is 3.91. The SMILES string of the molecule is CC(=O)CCN(C)Cc1cnn(C)c1. The van der Waals surface area contributed by atoms with Gasteiger partial charge in [-0.25, -0.2) is 0 Å². The third-order valence-electron chi connectivity index (χ3n) is 2.06. The minimum absolute atomic E-state index is 0.239. The molecule has 4 heteroatoms. The summed E-state index contributed by atoms with van der Waals surface area (Å²) in [6.07, 6.45) is 4.46. The molecule has 1 aromatic rings. The first-order chi connectivity index (χ1) is 6.58. The molecule has 0 spiro atoms. The minimum atomic E-state index is 0.239.